The highest BCUT2D eigenvalue weighted by Gasteiger charge is 2.28. The van der Waals surface area contributed by atoms with Crippen LogP contribution in [0.1, 0.15) is 50.6 Å². The summed E-state index contributed by atoms with van der Waals surface area (Å²) < 4.78 is 5.47. The van der Waals surface area contributed by atoms with Gasteiger partial charge in [0.05, 0.1) is 18.8 Å². The normalized spacial score (nSPS) is 15.9. The van der Waals surface area contributed by atoms with Crippen LogP contribution >= 0.6 is 12.2 Å². The molecule has 0 spiro atoms. The number of aromatic nitrogens is 1. The first-order valence-electron chi connectivity index (χ1n) is 9.33. The number of anilines is 1. The topological polar surface area (TPSA) is 37.4 Å². The molecule has 138 valence electrons. The lowest BCUT2D eigenvalue weighted by Crippen LogP contribution is -2.45. The van der Waals surface area contributed by atoms with E-state index in [0.717, 1.165) is 16.5 Å². The molecule has 2 aromatic rings. The van der Waals surface area contributed by atoms with Crippen molar-refractivity contribution in [2.75, 3.05) is 12.4 Å². The molecule has 1 saturated carbocycles. The van der Waals surface area contributed by atoms with E-state index in [-0.39, 0.29) is 6.04 Å². The number of methoxy groups -OCH3 is 1. The monoisotopic (exact) mass is 369 g/mol. The van der Waals surface area contributed by atoms with Gasteiger partial charge in [-0.25, -0.2) is 0 Å². The molecule has 1 N–H and O–H groups in total. The van der Waals surface area contributed by atoms with Gasteiger partial charge in [-0.05, 0) is 55.7 Å². The van der Waals surface area contributed by atoms with Crippen LogP contribution in [-0.2, 0) is 0 Å². The van der Waals surface area contributed by atoms with Crippen LogP contribution in [0.2, 0.25) is 0 Å². The molecule has 1 atom stereocenters. The fraction of sp³-hybridized carbons (Fsp3) is 0.429. The lowest BCUT2D eigenvalue weighted by Gasteiger charge is -2.40. The van der Waals surface area contributed by atoms with Crippen molar-refractivity contribution in [1.82, 2.24) is 9.88 Å². The maximum Gasteiger partial charge on any atom is 0.174 e. The van der Waals surface area contributed by atoms with Gasteiger partial charge in [-0.15, -0.1) is 0 Å². The highest BCUT2D eigenvalue weighted by Crippen LogP contribution is 2.32. The summed E-state index contributed by atoms with van der Waals surface area (Å²) in [5.41, 5.74) is 2.08. The first kappa shape index (κ1) is 18.6. The van der Waals surface area contributed by atoms with E-state index in [1.807, 2.05) is 42.7 Å². The summed E-state index contributed by atoms with van der Waals surface area (Å²) in [6, 6.07) is 12.6. The first-order valence-corrected chi connectivity index (χ1v) is 9.74. The molecule has 4 nitrogen and oxygen atoms in total. The van der Waals surface area contributed by atoms with Crippen molar-refractivity contribution >= 4 is 23.0 Å². The average molecular weight is 370 g/mol. The summed E-state index contributed by atoms with van der Waals surface area (Å²) >= 11 is 5.86. The van der Waals surface area contributed by atoms with Gasteiger partial charge < -0.3 is 15.0 Å². The summed E-state index contributed by atoms with van der Waals surface area (Å²) in [5.74, 6) is 0.799. The van der Waals surface area contributed by atoms with E-state index < -0.39 is 0 Å². The summed E-state index contributed by atoms with van der Waals surface area (Å²) in [7, 11) is 1.68. The van der Waals surface area contributed by atoms with Crippen LogP contribution in [0.25, 0.3) is 0 Å². The van der Waals surface area contributed by atoms with Crippen LogP contribution in [0, 0.1) is 0 Å². The van der Waals surface area contributed by atoms with Gasteiger partial charge in [-0.3, -0.25) is 4.98 Å². The number of nitrogens with one attached hydrogen (secondary N) is 1. The minimum Gasteiger partial charge on any atom is -0.495 e. The van der Waals surface area contributed by atoms with E-state index in [4.69, 9.17) is 17.0 Å². The van der Waals surface area contributed by atoms with Gasteiger partial charge in [0.15, 0.2) is 5.11 Å². The first-order chi connectivity index (χ1) is 12.7. The van der Waals surface area contributed by atoms with Crippen LogP contribution in [0.3, 0.4) is 0 Å². The van der Waals surface area contributed by atoms with Gasteiger partial charge >= 0.3 is 0 Å². The minimum atomic E-state index is 0.168. The predicted molar refractivity (Wildman–Crippen MR) is 111 cm³/mol. The number of thiocarbonyl (C=S) groups is 1. The van der Waals surface area contributed by atoms with E-state index >= 15 is 0 Å². The average Bonchev–Trinajstić information content (AvgIpc) is 2.70. The van der Waals surface area contributed by atoms with Gasteiger partial charge in [-0.2, -0.15) is 0 Å². The van der Waals surface area contributed by atoms with Crippen molar-refractivity contribution in [3.63, 3.8) is 0 Å². The third kappa shape index (κ3) is 4.33. The second kappa shape index (κ2) is 8.99. The molecule has 0 saturated heterocycles. The SMILES string of the molecule is COc1ccccc1NC(=S)N(C1CCCCC1)[C@H](C)c1cccnc1. The smallest absolute Gasteiger partial charge is 0.174 e. The molecule has 1 aliphatic rings. The number of pyridine rings is 1. The lowest BCUT2D eigenvalue weighted by molar-refractivity contribution is 0.203. The Morgan fingerprint density at radius 3 is 2.65 bits per heavy atom. The Kier molecular flexibility index (Phi) is 6.45. The molecule has 3 rings (SSSR count). The number of hydrogen-bond donors (Lipinski definition) is 1. The third-order valence-corrected chi connectivity index (χ3v) is 5.45. The molecule has 0 amide bonds. The fourth-order valence-corrected chi connectivity index (χ4v) is 4.15. The van der Waals surface area contributed by atoms with Crippen molar-refractivity contribution in [2.45, 2.75) is 51.1 Å². The van der Waals surface area contributed by atoms with E-state index in [1.165, 1.54) is 37.7 Å². The molecule has 26 heavy (non-hydrogen) atoms. The largest absolute Gasteiger partial charge is 0.495 e. The summed E-state index contributed by atoms with van der Waals surface area (Å²) in [6.45, 7) is 2.21. The molecule has 0 radical (unpaired) electrons. The molecule has 1 aliphatic carbocycles. The van der Waals surface area contributed by atoms with Crippen LogP contribution in [0.5, 0.6) is 5.75 Å². The Balaban J connectivity index is 1.85. The molecule has 1 aromatic carbocycles. The van der Waals surface area contributed by atoms with Crippen molar-refractivity contribution in [1.29, 1.82) is 0 Å². The van der Waals surface area contributed by atoms with Gasteiger partial charge in [-0.1, -0.05) is 37.5 Å². The van der Waals surface area contributed by atoms with Crippen molar-refractivity contribution < 1.29 is 4.74 Å². The number of rotatable bonds is 5. The number of ether oxygens (including phenoxy) is 1. The summed E-state index contributed by atoms with van der Waals surface area (Å²) in [6.07, 6.45) is 9.95. The third-order valence-electron chi connectivity index (χ3n) is 5.14. The predicted octanol–water partition coefficient (Wildman–Crippen LogP) is 5.18. The van der Waals surface area contributed by atoms with Crippen molar-refractivity contribution in [3.8, 4) is 5.75 Å². The van der Waals surface area contributed by atoms with Crippen LogP contribution < -0.4 is 10.1 Å². The number of hydrogen-bond acceptors (Lipinski definition) is 3. The van der Waals surface area contributed by atoms with Crippen LogP contribution in [0.4, 0.5) is 5.69 Å². The maximum absolute atomic E-state index is 5.86. The Hall–Kier alpha value is -2.14. The number of benzene rings is 1. The molecule has 1 aromatic heterocycles. The van der Waals surface area contributed by atoms with Gasteiger partial charge in [0, 0.05) is 18.4 Å². The number of nitrogens with zero attached hydrogens (tertiary/aromatic N) is 2. The van der Waals surface area contributed by atoms with E-state index in [0.29, 0.717) is 6.04 Å². The highest BCUT2D eigenvalue weighted by molar-refractivity contribution is 7.80. The fourth-order valence-electron chi connectivity index (χ4n) is 3.73. The van der Waals surface area contributed by atoms with E-state index in [9.17, 15) is 0 Å². The minimum absolute atomic E-state index is 0.168. The number of para-hydroxylation sites is 2. The second-order valence-corrected chi connectivity index (χ2v) is 7.18. The maximum atomic E-state index is 5.86. The standard InChI is InChI=1S/C21H27N3OS/c1-16(17-9-8-14-22-15-17)24(18-10-4-3-5-11-18)21(26)23-19-12-6-7-13-20(19)25-2/h6-9,12-16,18H,3-5,10-11H2,1-2H3,(H,23,26)/t16-/m1/s1. The van der Waals surface area contributed by atoms with E-state index in [1.54, 1.807) is 7.11 Å². The molecule has 1 heterocycles. The zero-order chi connectivity index (χ0) is 18.4. The lowest BCUT2D eigenvalue weighted by atomic mass is 9.92. The van der Waals surface area contributed by atoms with Crippen LogP contribution in [-0.4, -0.2) is 28.1 Å². The zero-order valence-corrected chi connectivity index (χ0v) is 16.3. The molecule has 0 unspecified atom stereocenters. The van der Waals surface area contributed by atoms with Crippen LogP contribution in [0.15, 0.2) is 48.8 Å². The quantitative estimate of drug-likeness (QED) is 0.735. The van der Waals surface area contributed by atoms with Gasteiger partial charge in [0.2, 0.25) is 0 Å². The van der Waals surface area contributed by atoms with Crippen molar-refractivity contribution in [2.24, 2.45) is 0 Å². The Labute approximate surface area is 161 Å². The van der Waals surface area contributed by atoms with Crippen molar-refractivity contribution in [3.05, 3.63) is 54.4 Å². The summed E-state index contributed by atoms with van der Waals surface area (Å²) in [4.78, 5) is 6.65. The van der Waals surface area contributed by atoms with Gasteiger partial charge in [0.1, 0.15) is 5.75 Å². The zero-order valence-electron chi connectivity index (χ0n) is 15.5. The molecule has 5 heteroatoms. The van der Waals surface area contributed by atoms with Gasteiger partial charge in [0.25, 0.3) is 0 Å². The Morgan fingerprint density at radius 2 is 1.96 bits per heavy atom. The summed E-state index contributed by atoms with van der Waals surface area (Å²) in [5, 5.41) is 4.17. The molecular formula is C21H27N3OS. The second-order valence-electron chi connectivity index (χ2n) is 6.79. The van der Waals surface area contributed by atoms with E-state index in [2.05, 4.69) is 28.2 Å². The molecule has 1 fully saturated rings. The molecule has 0 aliphatic heterocycles. The highest BCUT2D eigenvalue weighted by atomic mass is 32.1. The Morgan fingerprint density at radius 1 is 1.19 bits per heavy atom. The Bertz CT molecular complexity index is 716. The molecule has 0 bridgehead atoms. The molecular weight excluding hydrogens is 342 g/mol.